The van der Waals surface area contributed by atoms with Crippen molar-refractivity contribution in [2.24, 2.45) is 5.92 Å². The Bertz CT molecular complexity index is 839. The SMILES string of the molecule is CC(NC(=O)C(NC(=O)O)C(C)C)C(=O)Nc1ccc(CO[Si](C)(C)C(C)(C)C)c(I)c1. The van der Waals surface area contributed by atoms with Crippen LogP contribution in [-0.2, 0) is 20.6 Å². The minimum Gasteiger partial charge on any atom is -0.465 e. The molecule has 0 spiro atoms. The van der Waals surface area contributed by atoms with Crippen molar-refractivity contribution < 1.29 is 23.9 Å². The molecule has 1 aromatic carbocycles. The molecule has 32 heavy (non-hydrogen) atoms. The maximum Gasteiger partial charge on any atom is 0.405 e. The van der Waals surface area contributed by atoms with Crippen molar-refractivity contribution >= 4 is 54.5 Å². The van der Waals surface area contributed by atoms with E-state index in [9.17, 15) is 14.4 Å². The first-order chi connectivity index (χ1) is 14.5. The van der Waals surface area contributed by atoms with Crippen molar-refractivity contribution in [3.05, 3.63) is 27.3 Å². The van der Waals surface area contributed by atoms with Crippen molar-refractivity contribution in [2.75, 3.05) is 5.32 Å². The summed E-state index contributed by atoms with van der Waals surface area (Å²) in [4.78, 5) is 35.8. The maximum absolute atomic E-state index is 12.5. The molecular formula is C22H36IN3O5Si. The number of halogens is 1. The molecule has 3 amide bonds. The summed E-state index contributed by atoms with van der Waals surface area (Å²) >= 11 is 2.22. The van der Waals surface area contributed by atoms with Crippen LogP contribution >= 0.6 is 22.6 Å². The summed E-state index contributed by atoms with van der Waals surface area (Å²) in [5.74, 6) is -1.20. The first kappa shape index (κ1) is 28.4. The van der Waals surface area contributed by atoms with Gasteiger partial charge in [0.15, 0.2) is 8.32 Å². The van der Waals surface area contributed by atoms with Crippen LogP contribution in [0.1, 0.15) is 47.1 Å². The highest BCUT2D eigenvalue weighted by atomic mass is 127. The van der Waals surface area contributed by atoms with E-state index in [1.165, 1.54) is 0 Å². The summed E-state index contributed by atoms with van der Waals surface area (Å²) < 4.78 is 7.26. The van der Waals surface area contributed by atoms with Gasteiger partial charge in [-0.25, -0.2) is 4.79 Å². The lowest BCUT2D eigenvalue weighted by Gasteiger charge is -2.36. The second-order valence-corrected chi connectivity index (χ2v) is 15.7. The molecule has 10 heteroatoms. The molecule has 180 valence electrons. The Morgan fingerprint density at radius 1 is 1.09 bits per heavy atom. The van der Waals surface area contributed by atoms with Gasteiger partial charge in [0.2, 0.25) is 11.8 Å². The van der Waals surface area contributed by atoms with Crippen LogP contribution in [0.3, 0.4) is 0 Å². The Morgan fingerprint density at radius 2 is 1.69 bits per heavy atom. The summed E-state index contributed by atoms with van der Waals surface area (Å²) in [6, 6.07) is 3.82. The van der Waals surface area contributed by atoms with Gasteiger partial charge in [0.25, 0.3) is 0 Å². The molecule has 0 heterocycles. The molecule has 8 nitrogen and oxygen atoms in total. The lowest BCUT2D eigenvalue weighted by atomic mass is 10.0. The Kier molecular flexibility index (Phi) is 10.2. The number of amides is 3. The number of anilines is 1. The number of hydrogen-bond donors (Lipinski definition) is 4. The van der Waals surface area contributed by atoms with E-state index in [1.807, 2.05) is 18.2 Å². The monoisotopic (exact) mass is 577 g/mol. The predicted molar refractivity (Wildman–Crippen MR) is 137 cm³/mol. The van der Waals surface area contributed by atoms with E-state index in [4.69, 9.17) is 9.53 Å². The third kappa shape index (κ3) is 8.36. The van der Waals surface area contributed by atoms with Crippen LogP contribution < -0.4 is 16.0 Å². The molecule has 0 aliphatic rings. The average Bonchev–Trinajstić information content (AvgIpc) is 2.63. The van der Waals surface area contributed by atoms with Gasteiger partial charge in [0.05, 0.1) is 6.61 Å². The first-order valence-electron chi connectivity index (χ1n) is 10.6. The van der Waals surface area contributed by atoms with E-state index in [0.717, 1.165) is 9.13 Å². The highest BCUT2D eigenvalue weighted by Crippen LogP contribution is 2.37. The topological polar surface area (TPSA) is 117 Å². The number of carboxylic acid groups (broad SMARTS) is 1. The molecule has 1 rings (SSSR count). The number of carbonyl (C=O) groups is 3. The van der Waals surface area contributed by atoms with Gasteiger partial charge in [-0.15, -0.1) is 0 Å². The van der Waals surface area contributed by atoms with E-state index in [2.05, 4.69) is 72.4 Å². The molecule has 0 aliphatic heterocycles. The minimum atomic E-state index is -1.86. The van der Waals surface area contributed by atoms with Gasteiger partial charge in [0.1, 0.15) is 12.1 Å². The fraction of sp³-hybridized carbons (Fsp3) is 0.591. The molecule has 0 saturated carbocycles. The highest BCUT2D eigenvalue weighted by molar-refractivity contribution is 14.1. The zero-order chi connectivity index (χ0) is 24.9. The second kappa shape index (κ2) is 11.5. The average molecular weight is 578 g/mol. The summed E-state index contributed by atoms with van der Waals surface area (Å²) in [5.41, 5.74) is 1.66. The number of benzene rings is 1. The lowest BCUT2D eigenvalue weighted by Crippen LogP contribution is -2.53. The molecule has 0 fully saturated rings. The number of hydrogen-bond acceptors (Lipinski definition) is 4. The first-order valence-corrected chi connectivity index (χ1v) is 14.6. The zero-order valence-electron chi connectivity index (χ0n) is 20.1. The van der Waals surface area contributed by atoms with Gasteiger partial charge in [-0.05, 0) is 71.3 Å². The quantitative estimate of drug-likeness (QED) is 0.254. The molecule has 0 aliphatic carbocycles. The molecule has 2 atom stereocenters. The van der Waals surface area contributed by atoms with Gasteiger partial charge in [-0.2, -0.15) is 0 Å². The number of carbonyl (C=O) groups excluding carboxylic acids is 2. The van der Waals surface area contributed by atoms with Crippen LogP contribution in [0.5, 0.6) is 0 Å². The van der Waals surface area contributed by atoms with Crippen LogP contribution in [0.4, 0.5) is 10.5 Å². The molecule has 4 N–H and O–H groups in total. The number of nitrogens with one attached hydrogen (secondary N) is 3. The van der Waals surface area contributed by atoms with Crippen LogP contribution in [0.15, 0.2) is 18.2 Å². The fourth-order valence-corrected chi connectivity index (χ4v) is 4.12. The van der Waals surface area contributed by atoms with Crippen molar-refractivity contribution in [1.29, 1.82) is 0 Å². The highest BCUT2D eigenvalue weighted by Gasteiger charge is 2.37. The second-order valence-electron chi connectivity index (χ2n) is 9.75. The van der Waals surface area contributed by atoms with Gasteiger partial charge < -0.3 is 25.5 Å². The summed E-state index contributed by atoms with van der Waals surface area (Å²) in [6.07, 6.45) is -1.29. The van der Waals surface area contributed by atoms with Crippen LogP contribution in [0.25, 0.3) is 0 Å². The molecule has 0 saturated heterocycles. The Hall–Kier alpha value is -1.66. The third-order valence-electron chi connectivity index (χ3n) is 5.70. The van der Waals surface area contributed by atoms with Crippen LogP contribution in [0, 0.1) is 9.49 Å². The summed E-state index contributed by atoms with van der Waals surface area (Å²) in [7, 11) is -1.86. The molecule has 0 aromatic heterocycles. The normalized spacial score (nSPS) is 13.9. The van der Waals surface area contributed by atoms with E-state index in [1.54, 1.807) is 20.8 Å². The lowest BCUT2D eigenvalue weighted by molar-refractivity contribution is -0.128. The van der Waals surface area contributed by atoms with E-state index >= 15 is 0 Å². The van der Waals surface area contributed by atoms with E-state index in [0.29, 0.717) is 12.3 Å². The minimum absolute atomic E-state index is 0.126. The van der Waals surface area contributed by atoms with Crippen molar-refractivity contribution in [3.8, 4) is 0 Å². The zero-order valence-corrected chi connectivity index (χ0v) is 23.3. The van der Waals surface area contributed by atoms with Crippen molar-refractivity contribution in [3.63, 3.8) is 0 Å². The molecule has 0 bridgehead atoms. The summed E-state index contributed by atoms with van der Waals surface area (Å²) in [5, 5.41) is 16.6. The van der Waals surface area contributed by atoms with E-state index < -0.39 is 38.3 Å². The van der Waals surface area contributed by atoms with Gasteiger partial charge >= 0.3 is 6.09 Å². The van der Waals surface area contributed by atoms with Gasteiger partial charge in [-0.3, -0.25) is 9.59 Å². The smallest absolute Gasteiger partial charge is 0.405 e. The van der Waals surface area contributed by atoms with Gasteiger partial charge in [-0.1, -0.05) is 40.7 Å². The number of rotatable bonds is 9. The summed E-state index contributed by atoms with van der Waals surface area (Å²) in [6.45, 7) is 16.5. The maximum atomic E-state index is 12.5. The standard InChI is InChI=1S/C22H36IN3O5Si/c1-13(2)18(26-21(29)30)20(28)24-14(3)19(27)25-16-10-9-15(17(23)11-16)12-31-32(7,8)22(4,5)6/h9-11,13-14,18,26H,12H2,1-8H3,(H,24,28)(H,25,27)(H,29,30). The van der Waals surface area contributed by atoms with Crippen LogP contribution in [-0.4, -0.2) is 43.4 Å². The Morgan fingerprint density at radius 3 is 2.16 bits per heavy atom. The Balaban J connectivity index is 2.76. The molecular weight excluding hydrogens is 541 g/mol. The largest absolute Gasteiger partial charge is 0.465 e. The van der Waals surface area contributed by atoms with Crippen LogP contribution in [0.2, 0.25) is 18.1 Å². The molecule has 1 aromatic rings. The fourth-order valence-electron chi connectivity index (χ4n) is 2.50. The molecule has 0 radical (unpaired) electrons. The third-order valence-corrected chi connectivity index (χ3v) is 11.2. The Labute approximate surface area is 205 Å². The van der Waals surface area contributed by atoms with Gasteiger partial charge in [0, 0.05) is 9.26 Å². The van der Waals surface area contributed by atoms with Crippen molar-refractivity contribution in [1.82, 2.24) is 10.6 Å². The van der Waals surface area contributed by atoms with E-state index in [-0.39, 0.29) is 11.0 Å². The van der Waals surface area contributed by atoms with Crippen molar-refractivity contribution in [2.45, 2.75) is 78.4 Å². The molecule has 2 unspecified atom stereocenters. The predicted octanol–water partition coefficient (Wildman–Crippen LogP) is 4.55.